The number of benzene rings is 2. The highest BCUT2D eigenvalue weighted by Gasteiger charge is 2.11. The molecule has 25 heavy (non-hydrogen) atoms. The van der Waals surface area contributed by atoms with Crippen molar-refractivity contribution in [2.75, 3.05) is 5.32 Å². The van der Waals surface area contributed by atoms with Gasteiger partial charge in [-0.1, -0.05) is 42.5 Å². The number of nitrogens with one attached hydrogen (secondary N) is 1. The molecule has 122 valence electrons. The summed E-state index contributed by atoms with van der Waals surface area (Å²) in [6.07, 6.45) is 3.71. The summed E-state index contributed by atoms with van der Waals surface area (Å²) in [5, 5.41) is 6.35. The summed E-state index contributed by atoms with van der Waals surface area (Å²) in [7, 11) is 0. The van der Waals surface area contributed by atoms with Crippen molar-refractivity contribution in [1.29, 1.82) is 0 Å². The maximum absolute atomic E-state index is 4.77. The maximum Gasteiger partial charge on any atom is 0.187 e. The highest BCUT2D eigenvalue weighted by Crippen LogP contribution is 2.33. The monoisotopic (exact) mass is 343 g/mol. The van der Waals surface area contributed by atoms with E-state index in [1.54, 1.807) is 11.3 Å². The first-order valence-electron chi connectivity index (χ1n) is 8.08. The van der Waals surface area contributed by atoms with E-state index in [2.05, 4.69) is 52.9 Å². The van der Waals surface area contributed by atoms with Crippen molar-refractivity contribution < 1.29 is 0 Å². The van der Waals surface area contributed by atoms with Crippen LogP contribution in [0.25, 0.3) is 22.4 Å². The highest BCUT2D eigenvalue weighted by molar-refractivity contribution is 7.14. The van der Waals surface area contributed by atoms with Crippen molar-refractivity contribution in [3.63, 3.8) is 0 Å². The first-order chi connectivity index (χ1) is 12.3. The molecule has 1 N–H and O–H groups in total. The second-order valence-electron chi connectivity index (χ2n) is 5.82. The number of aromatic nitrogens is 2. The van der Waals surface area contributed by atoms with E-state index in [4.69, 9.17) is 4.98 Å². The van der Waals surface area contributed by atoms with E-state index in [1.165, 1.54) is 5.56 Å². The van der Waals surface area contributed by atoms with Crippen molar-refractivity contribution in [1.82, 2.24) is 9.97 Å². The van der Waals surface area contributed by atoms with E-state index in [9.17, 15) is 0 Å². The van der Waals surface area contributed by atoms with Crippen molar-refractivity contribution in [3.8, 4) is 22.4 Å². The quantitative estimate of drug-likeness (QED) is 0.499. The van der Waals surface area contributed by atoms with Crippen LogP contribution < -0.4 is 5.32 Å². The molecule has 0 aliphatic rings. The Balaban J connectivity index is 1.67. The maximum atomic E-state index is 4.77. The van der Waals surface area contributed by atoms with Gasteiger partial charge in [-0.3, -0.25) is 4.98 Å². The Bertz CT molecular complexity index is 993. The molecule has 0 radical (unpaired) electrons. The highest BCUT2D eigenvalue weighted by atomic mass is 32.1. The standard InChI is InChI=1S/C21H17N3S/c1-15-6-5-9-17(12-15)23-21-24-20(14-25-21)18-10-11-22-13-19(18)16-7-3-2-4-8-16/h2-14H,1H3,(H,23,24). The fourth-order valence-electron chi connectivity index (χ4n) is 2.77. The van der Waals surface area contributed by atoms with Gasteiger partial charge in [0.15, 0.2) is 5.13 Å². The molecule has 2 heterocycles. The van der Waals surface area contributed by atoms with E-state index < -0.39 is 0 Å². The Labute approximate surface area is 151 Å². The normalized spacial score (nSPS) is 10.6. The largest absolute Gasteiger partial charge is 0.332 e. The molecule has 0 fully saturated rings. The van der Waals surface area contributed by atoms with Crippen molar-refractivity contribution in [2.45, 2.75) is 6.92 Å². The Morgan fingerprint density at radius 3 is 2.64 bits per heavy atom. The number of rotatable bonds is 4. The van der Waals surface area contributed by atoms with Crippen LogP contribution in [-0.2, 0) is 0 Å². The average molecular weight is 343 g/mol. The van der Waals surface area contributed by atoms with E-state index in [1.807, 2.05) is 42.7 Å². The first-order valence-corrected chi connectivity index (χ1v) is 8.96. The van der Waals surface area contributed by atoms with Crippen LogP contribution in [0.1, 0.15) is 5.56 Å². The molecule has 0 saturated heterocycles. The van der Waals surface area contributed by atoms with Crippen molar-refractivity contribution >= 4 is 22.2 Å². The third-order valence-corrected chi connectivity index (χ3v) is 4.71. The van der Waals surface area contributed by atoms with Gasteiger partial charge in [-0.15, -0.1) is 11.3 Å². The number of thiazole rings is 1. The van der Waals surface area contributed by atoms with E-state index in [0.29, 0.717) is 0 Å². The summed E-state index contributed by atoms with van der Waals surface area (Å²) in [5.74, 6) is 0. The minimum atomic E-state index is 0.886. The van der Waals surface area contributed by atoms with Gasteiger partial charge in [-0.2, -0.15) is 0 Å². The summed E-state index contributed by atoms with van der Waals surface area (Å²) < 4.78 is 0. The predicted octanol–water partition coefficient (Wildman–Crippen LogP) is 5.92. The van der Waals surface area contributed by atoms with Crippen LogP contribution in [0.15, 0.2) is 78.4 Å². The lowest BCUT2D eigenvalue weighted by molar-refractivity contribution is 1.31. The van der Waals surface area contributed by atoms with Crippen LogP contribution in [0, 0.1) is 6.92 Å². The number of aryl methyl sites for hydroxylation is 1. The predicted molar refractivity (Wildman–Crippen MR) is 105 cm³/mol. The Morgan fingerprint density at radius 2 is 1.80 bits per heavy atom. The molecular weight excluding hydrogens is 326 g/mol. The van der Waals surface area contributed by atoms with Crippen LogP contribution in [0.2, 0.25) is 0 Å². The number of hydrogen-bond donors (Lipinski definition) is 1. The molecule has 0 spiro atoms. The van der Waals surface area contributed by atoms with Crippen LogP contribution in [-0.4, -0.2) is 9.97 Å². The molecule has 3 nitrogen and oxygen atoms in total. The lowest BCUT2D eigenvalue weighted by Crippen LogP contribution is -1.91. The van der Waals surface area contributed by atoms with Crippen molar-refractivity contribution in [3.05, 3.63) is 84.0 Å². The zero-order valence-corrected chi connectivity index (χ0v) is 14.6. The molecule has 4 aromatic rings. The van der Waals surface area contributed by atoms with Gasteiger partial charge < -0.3 is 5.32 Å². The van der Waals surface area contributed by atoms with E-state index in [0.717, 1.165) is 33.2 Å². The topological polar surface area (TPSA) is 37.8 Å². The summed E-state index contributed by atoms with van der Waals surface area (Å²) in [6, 6.07) is 20.6. The third kappa shape index (κ3) is 3.44. The molecular formula is C21H17N3S. The van der Waals surface area contributed by atoms with Gasteiger partial charge >= 0.3 is 0 Å². The summed E-state index contributed by atoms with van der Waals surface area (Å²) in [6.45, 7) is 2.08. The molecule has 0 atom stereocenters. The molecule has 0 bridgehead atoms. The zero-order chi connectivity index (χ0) is 17.1. The van der Waals surface area contributed by atoms with Crippen molar-refractivity contribution in [2.24, 2.45) is 0 Å². The fraction of sp³-hybridized carbons (Fsp3) is 0.0476. The Morgan fingerprint density at radius 1 is 0.920 bits per heavy atom. The third-order valence-electron chi connectivity index (χ3n) is 3.96. The Kier molecular flexibility index (Phi) is 4.27. The SMILES string of the molecule is Cc1cccc(Nc2nc(-c3ccncc3-c3ccccc3)cs2)c1. The van der Waals surface area contributed by atoms with Gasteiger partial charge in [0.05, 0.1) is 5.69 Å². The molecule has 4 heteroatoms. The molecule has 4 rings (SSSR count). The lowest BCUT2D eigenvalue weighted by atomic mass is 10.0. The summed E-state index contributed by atoms with van der Waals surface area (Å²) in [5.41, 5.74) is 6.57. The van der Waals surface area contributed by atoms with Crippen LogP contribution in [0.5, 0.6) is 0 Å². The van der Waals surface area contributed by atoms with Gasteiger partial charge in [0.25, 0.3) is 0 Å². The average Bonchev–Trinajstić information content (AvgIpc) is 3.11. The smallest absolute Gasteiger partial charge is 0.187 e. The number of nitrogens with zero attached hydrogens (tertiary/aromatic N) is 2. The van der Waals surface area contributed by atoms with Gasteiger partial charge in [-0.05, 0) is 36.2 Å². The van der Waals surface area contributed by atoms with Gasteiger partial charge in [0, 0.05) is 34.6 Å². The van der Waals surface area contributed by atoms with Crippen LogP contribution in [0.3, 0.4) is 0 Å². The van der Waals surface area contributed by atoms with Gasteiger partial charge in [0.2, 0.25) is 0 Å². The van der Waals surface area contributed by atoms with Gasteiger partial charge in [-0.25, -0.2) is 4.98 Å². The van der Waals surface area contributed by atoms with Gasteiger partial charge in [0.1, 0.15) is 0 Å². The number of pyridine rings is 1. The van der Waals surface area contributed by atoms with E-state index in [-0.39, 0.29) is 0 Å². The fourth-order valence-corrected chi connectivity index (χ4v) is 3.50. The number of hydrogen-bond acceptors (Lipinski definition) is 4. The first kappa shape index (κ1) is 15.5. The van der Waals surface area contributed by atoms with Crippen LogP contribution >= 0.6 is 11.3 Å². The molecule has 2 aromatic heterocycles. The minimum Gasteiger partial charge on any atom is -0.332 e. The number of anilines is 2. The minimum absolute atomic E-state index is 0.886. The summed E-state index contributed by atoms with van der Waals surface area (Å²) in [4.78, 5) is 9.06. The molecule has 2 aromatic carbocycles. The molecule has 0 amide bonds. The molecule has 0 unspecified atom stereocenters. The molecule has 0 aliphatic heterocycles. The Hall–Kier alpha value is -2.98. The molecule has 0 saturated carbocycles. The van der Waals surface area contributed by atoms with E-state index >= 15 is 0 Å². The second kappa shape index (κ2) is 6.87. The zero-order valence-electron chi connectivity index (χ0n) is 13.8. The lowest BCUT2D eigenvalue weighted by Gasteiger charge is -2.07. The van der Waals surface area contributed by atoms with Crippen LogP contribution in [0.4, 0.5) is 10.8 Å². The second-order valence-corrected chi connectivity index (χ2v) is 6.68. The molecule has 0 aliphatic carbocycles. The summed E-state index contributed by atoms with van der Waals surface area (Å²) >= 11 is 1.61.